The number of ether oxygens (including phenoxy) is 2. The summed E-state index contributed by atoms with van der Waals surface area (Å²) in [5, 5.41) is 8.51. The molecule has 0 spiro atoms. The van der Waals surface area contributed by atoms with Crippen LogP contribution in [-0.2, 0) is 9.47 Å². The van der Waals surface area contributed by atoms with Gasteiger partial charge in [-0.2, -0.15) is 5.10 Å². The Balaban J connectivity index is 1.29. The predicted octanol–water partition coefficient (Wildman–Crippen LogP) is 4.40. The molecule has 5 heterocycles. The molecule has 11 nitrogen and oxygen atoms in total. The number of nitrogens with zero attached hydrogens (tertiary/aromatic N) is 6. The normalized spacial score (nSPS) is 17.9. The number of fused-ring (bicyclic) bond motifs is 2. The molecule has 6 rings (SSSR count). The van der Waals surface area contributed by atoms with Gasteiger partial charge in [0.15, 0.2) is 11.5 Å². The molecule has 1 N–H and O–H groups in total. The molecule has 2 amide bonds. The van der Waals surface area contributed by atoms with Crippen LogP contribution in [0.25, 0.3) is 16.6 Å². The number of rotatable bonds is 4. The topological polar surface area (TPSA) is 106 Å². The number of halogens is 1. The highest BCUT2D eigenvalue weighted by Crippen LogP contribution is 2.32. The first-order valence-electron chi connectivity index (χ1n) is 13.8. The minimum atomic E-state index is -0.551. The number of anilines is 2. The number of piperazine rings is 1. The van der Waals surface area contributed by atoms with E-state index in [4.69, 9.17) is 14.6 Å². The van der Waals surface area contributed by atoms with Crippen LogP contribution in [0.5, 0.6) is 0 Å². The van der Waals surface area contributed by atoms with E-state index in [0.29, 0.717) is 61.9 Å². The number of nitrogens with one attached hydrogen (secondary N) is 1. The van der Waals surface area contributed by atoms with Gasteiger partial charge in [0.1, 0.15) is 11.1 Å². The molecule has 12 heteroatoms. The van der Waals surface area contributed by atoms with Crippen molar-refractivity contribution >= 4 is 39.9 Å². The fraction of sp³-hybridized carbons (Fsp3) is 0.448. The largest absolute Gasteiger partial charge is 0.444 e. The molecule has 2 aliphatic heterocycles. The molecule has 216 valence electrons. The average molecular weight is 564 g/mol. The third-order valence-electron chi connectivity index (χ3n) is 7.35. The van der Waals surface area contributed by atoms with E-state index in [9.17, 15) is 14.0 Å². The summed E-state index contributed by atoms with van der Waals surface area (Å²) < 4.78 is 29.2. The molecule has 3 aromatic heterocycles. The van der Waals surface area contributed by atoms with Gasteiger partial charge < -0.3 is 29.0 Å². The van der Waals surface area contributed by atoms with E-state index in [1.165, 1.54) is 6.07 Å². The Hall–Kier alpha value is -4.19. The highest BCUT2D eigenvalue weighted by Gasteiger charge is 2.28. The quantitative estimate of drug-likeness (QED) is 0.392. The second kappa shape index (κ2) is 10.3. The lowest BCUT2D eigenvalue weighted by Gasteiger charge is -2.37. The first-order valence-corrected chi connectivity index (χ1v) is 13.8. The van der Waals surface area contributed by atoms with E-state index >= 15 is 0 Å². The first kappa shape index (κ1) is 27.0. The van der Waals surface area contributed by atoms with E-state index in [2.05, 4.69) is 15.2 Å². The minimum absolute atomic E-state index is 0.0798. The fourth-order valence-electron chi connectivity index (χ4n) is 5.39. The molecule has 1 atom stereocenters. The third-order valence-corrected chi connectivity index (χ3v) is 7.35. The summed E-state index contributed by atoms with van der Waals surface area (Å²) in [5.41, 5.74) is 2.53. The second-order valence-electron chi connectivity index (χ2n) is 11.6. The number of benzene rings is 1. The number of hydrogen-bond donors (Lipinski definition) is 1. The average Bonchev–Trinajstić information content (AvgIpc) is 3.66. The molecule has 1 aromatic carbocycles. The molecule has 0 saturated carbocycles. The minimum Gasteiger partial charge on any atom is -0.444 e. The summed E-state index contributed by atoms with van der Waals surface area (Å²) in [7, 11) is 0. The van der Waals surface area contributed by atoms with Crippen molar-refractivity contribution in [2.75, 3.05) is 49.6 Å². The highest BCUT2D eigenvalue weighted by molar-refractivity contribution is 6.14. The number of hydrogen-bond acceptors (Lipinski definition) is 7. The standard InChI is InChI=1S/C29H34FN7O4/c1-18-14-36-15-19(13-23(30)26(36)31-18)32-27(38)21-5-6-24(22-16-37(33-25(21)22)20-7-12-40-17-20)34-8-10-35(11-9-34)28(39)41-29(2,3)4/h5-6,13-16,20H,7-12,17H2,1-4H3,(H,32,38). The summed E-state index contributed by atoms with van der Waals surface area (Å²) in [6.45, 7) is 10.8. The van der Waals surface area contributed by atoms with Gasteiger partial charge in [0, 0.05) is 68.5 Å². The van der Waals surface area contributed by atoms with Gasteiger partial charge in [0.25, 0.3) is 5.91 Å². The molecule has 2 aliphatic rings. The van der Waals surface area contributed by atoms with Crippen molar-refractivity contribution < 1.29 is 23.5 Å². The van der Waals surface area contributed by atoms with Gasteiger partial charge in [-0.05, 0) is 46.2 Å². The van der Waals surface area contributed by atoms with Gasteiger partial charge in [-0.25, -0.2) is 14.2 Å². The lowest BCUT2D eigenvalue weighted by molar-refractivity contribution is 0.0240. The number of amides is 2. The zero-order chi connectivity index (χ0) is 28.9. The van der Waals surface area contributed by atoms with Gasteiger partial charge in [-0.3, -0.25) is 9.48 Å². The van der Waals surface area contributed by atoms with E-state index in [0.717, 1.165) is 17.5 Å². The highest BCUT2D eigenvalue weighted by atomic mass is 19.1. The number of aromatic nitrogens is 4. The van der Waals surface area contributed by atoms with Gasteiger partial charge >= 0.3 is 6.09 Å². The number of pyridine rings is 1. The number of aryl methyl sites for hydroxylation is 1. The van der Waals surface area contributed by atoms with Crippen molar-refractivity contribution in [1.29, 1.82) is 0 Å². The van der Waals surface area contributed by atoms with Crippen LogP contribution < -0.4 is 10.2 Å². The molecule has 41 heavy (non-hydrogen) atoms. The lowest BCUT2D eigenvalue weighted by Crippen LogP contribution is -2.50. The third kappa shape index (κ3) is 5.43. The monoisotopic (exact) mass is 563 g/mol. The number of imidazole rings is 1. The van der Waals surface area contributed by atoms with E-state index in [-0.39, 0.29) is 23.7 Å². The summed E-state index contributed by atoms with van der Waals surface area (Å²) >= 11 is 0. The van der Waals surface area contributed by atoms with Crippen LogP contribution >= 0.6 is 0 Å². The predicted molar refractivity (Wildman–Crippen MR) is 152 cm³/mol. The molecule has 0 radical (unpaired) electrons. The molecule has 2 saturated heterocycles. The maximum Gasteiger partial charge on any atom is 0.410 e. The van der Waals surface area contributed by atoms with Crippen LogP contribution in [0.4, 0.5) is 20.6 Å². The van der Waals surface area contributed by atoms with Crippen molar-refractivity contribution in [1.82, 2.24) is 24.1 Å². The Morgan fingerprint density at radius 2 is 1.90 bits per heavy atom. The lowest BCUT2D eigenvalue weighted by atomic mass is 10.1. The van der Waals surface area contributed by atoms with Crippen LogP contribution in [0.3, 0.4) is 0 Å². The van der Waals surface area contributed by atoms with Gasteiger partial charge in [0.2, 0.25) is 0 Å². The van der Waals surface area contributed by atoms with E-state index in [1.807, 2.05) is 37.7 Å². The van der Waals surface area contributed by atoms with Crippen LogP contribution in [0.1, 0.15) is 49.3 Å². The maximum atomic E-state index is 14.7. The van der Waals surface area contributed by atoms with Gasteiger partial charge in [0.05, 0.1) is 29.6 Å². The summed E-state index contributed by atoms with van der Waals surface area (Å²) in [6, 6.07) is 5.02. The number of carbonyl (C=O) groups is 2. The van der Waals surface area contributed by atoms with Crippen LogP contribution in [-0.4, -0.2) is 81.1 Å². The number of carbonyl (C=O) groups excluding carboxylic acids is 2. The Morgan fingerprint density at radius 1 is 1.12 bits per heavy atom. The Morgan fingerprint density at radius 3 is 2.61 bits per heavy atom. The molecule has 4 aromatic rings. The van der Waals surface area contributed by atoms with Gasteiger partial charge in [-0.1, -0.05) is 0 Å². The van der Waals surface area contributed by atoms with E-state index in [1.54, 1.807) is 34.7 Å². The van der Waals surface area contributed by atoms with E-state index < -0.39 is 11.4 Å². The summed E-state index contributed by atoms with van der Waals surface area (Å²) in [5.74, 6) is -0.910. The summed E-state index contributed by atoms with van der Waals surface area (Å²) in [6.07, 6.45) is 5.84. The fourth-order valence-corrected chi connectivity index (χ4v) is 5.39. The smallest absolute Gasteiger partial charge is 0.410 e. The molecule has 0 aliphatic carbocycles. The van der Waals surface area contributed by atoms with Crippen molar-refractivity contribution in [2.45, 2.75) is 45.8 Å². The molecule has 2 fully saturated rings. The summed E-state index contributed by atoms with van der Waals surface area (Å²) in [4.78, 5) is 34.2. The molecule has 1 unspecified atom stereocenters. The zero-order valence-electron chi connectivity index (χ0n) is 23.7. The SMILES string of the molecule is Cc1cn2cc(NC(=O)c3ccc(N4CCN(C(=O)OC(C)(C)C)CC4)c4cn(C5CCOC5)nc34)cc(F)c2n1. The Bertz CT molecular complexity index is 1630. The molecule has 0 bridgehead atoms. The van der Waals surface area contributed by atoms with Gasteiger partial charge in [-0.15, -0.1) is 0 Å². The first-order chi connectivity index (χ1) is 19.6. The maximum absolute atomic E-state index is 14.7. The van der Waals surface area contributed by atoms with Crippen molar-refractivity contribution in [3.05, 3.63) is 53.9 Å². The van der Waals surface area contributed by atoms with Crippen molar-refractivity contribution in [2.24, 2.45) is 0 Å². The van der Waals surface area contributed by atoms with Crippen LogP contribution in [0.15, 0.2) is 36.8 Å². The Labute approximate surface area is 236 Å². The van der Waals surface area contributed by atoms with Crippen LogP contribution in [0, 0.1) is 12.7 Å². The van der Waals surface area contributed by atoms with Crippen molar-refractivity contribution in [3.8, 4) is 0 Å². The van der Waals surface area contributed by atoms with Crippen molar-refractivity contribution in [3.63, 3.8) is 0 Å². The second-order valence-corrected chi connectivity index (χ2v) is 11.6. The van der Waals surface area contributed by atoms with Crippen LogP contribution in [0.2, 0.25) is 0 Å². The Kier molecular flexibility index (Phi) is 6.80. The molecular weight excluding hydrogens is 529 g/mol. The zero-order valence-corrected chi connectivity index (χ0v) is 23.7. The molecular formula is C29H34FN7O4.